The first-order valence-electron chi connectivity index (χ1n) is 6.73. The first-order chi connectivity index (χ1) is 10.6. The van der Waals surface area contributed by atoms with Gasteiger partial charge in [-0.2, -0.15) is 0 Å². The van der Waals surface area contributed by atoms with Gasteiger partial charge < -0.3 is 10.1 Å². The number of rotatable bonds is 1. The Morgan fingerprint density at radius 3 is 2.73 bits per heavy atom. The normalized spacial score (nSPS) is 22.3. The predicted molar refractivity (Wildman–Crippen MR) is 86.2 cm³/mol. The van der Waals surface area contributed by atoms with Gasteiger partial charge in [-0.1, -0.05) is 41.4 Å². The van der Waals surface area contributed by atoms with E-state index in [9.17, 15) is 4.79 Å². The molecule has 0 amide bonds. The number of nitrogens with one attached hydrogen (secondary N) is 1. The van der Waals surface area contributed by atoms with Gasteiger partial charge in [0, 0.05) is 5.56 Å². The zero-order valence-electron chi connectivity index (χ0n) is 11.2. The molecule has 0 aliphatic carbocycles. The third-order valence-electron chi connectivity index (χ3n) is 3.71. The lowest BCUT2D eigenvalue weighted by Gasteiger charge is -2.18. The fourth-order valence-corrected chi connectivity index (χ4v) is 2.93. The number of anilines is 1. The van der Waals surface area contributed by atoms with E-state index in [1.54, 1.807) is 18.2 Å². The van der Waals surface area contributed by atoms with E-state index in [1.807, 2.05) is 24.3 Å². The number of Topliss-reactive ketones (excluding diaryl/α,β-unsaturated/α-hetero) is 1. The molecule has 2 heterocycles. The van der Waals surface area contributed by atoms with Crippen LogP contribution in [0.2, 0.25) is 10.0 Å². The van der Waals surface area contributed by atoms with Gasteiger partial charge in [0.2, 0.25) is 11.7 Å². The van der Waals surface area contributed by atoms with Gasteiger partial charge in [0.1, 0.15) is 0 Å². The van der Waals surface area contributed by atoms with Gasteiger partial charge in [-0.3, -0.25) is 4.79 Å². The molecule has 6 heteroatoms. The smallest absolute Gasteiger partial charge is 0.220 e. The van der Waals surface area contributed by atoms with Crippen molar-refractivity contribution in [2.75, 3.05) is 5.32 Å². The van der Waals surface area contributed by atoms with Crippen molar-refractivity contribution in [1.29, 1.82) is 0 Å². The van der Waals surface area contributed by atoms with Gasteiger partial charge in [-0.05, 0) is 24.3 Å². The number of para-hydroxylation sites is 2. The highest BCUT2D eigenvalue weighted by Gasteiger charge is 2.44. The number of nitrogens with zero attached hydrogens (tertiary/aromatic N) is 1. The first-order valence-corrected chi connectivity index (χ1v) is 7.48. The number of hydrogen-bond acceptors (Lipinski definition) is 4. The summed E-state index contributed by atoms with van der Waals surface area (Å²) in [5.41, 5.74) is 2.25. The van der Waals surface area contributed by atoms with Gasteiger partial charge in [0.15, 0.2) is 12.1 Å². The van der Waals surface area contributed by atoms with Crippen molar-refractivity contribution in [2.45, 2.75) is 12.1 Å². The van der Waals surface area contributed by atoms with Crippen molar-refractivity contribution in [2.24, 2.45) is 4.99 Å². The van der Waals surface area contributed by atoms with Crippen LogP contribution in [0.5, 0.6) is 0 Å². The summed E-state index contributed by atoms with van der Waals surface area (Å²) in [6.45, 7) is 0. The van der Waals surface area contributed by atoms with E-state index in [0.29, 0.717) is 21.5 Å². The summed E-state index contributed by atoms with van der Waals surface area (Å²) in [6, 6.07) is 12.0. The van der Waals surface area contributed by atoms with Crippen LogP contribution in [0.15, 0.2) is 47.5 Å². The van der Waals surface area contributed by atoms with Gasteiger partial charge in [0.05, 0.1) is 21.4 Å². The molecule has 2 aliphatic heterocycles. The summed E-state index contributed by atoms with van der Waals surface area (Å²) in [6.07, 6.45) is -0.722. The number of aliphatic imine (C=N–C) groups is 1. The van der Waals surface area contributed by atoms with Gasteiger partial charge in [-0.15, -0.1) is 0 Å². The highest BCUT2D eigenvalue weighted by Crippen LogP contribution is 2.38. The summed E-state index contributed by atoms with van der Waals surface area (Å²) in [7, 11) is 0. The van der Waals surface area contributed by atoms with Crippen molar-refractivity contribution >= 4 is 46.3 Å². The van der Waals surface area contributed by atoms with Crippen molar-refractivity contribution in [1.82, 2.24) is 0 Å². The molecule has 22 heavy (non-hydrogen) atoms. The number of benzene rings is 2. The van der Waals surface area contributed by atoms with E-state index in [2.05, 4.69) is 10.3 Å². The summed E-state index contributed by atoms with van der Waals surface area (Å²) < 4.78 is 5.75. The van der Waals surface area contributed by atoms with Crippen molar-refractivity contribution in [3.05, 3.63) is 58.1 Å². The number of ketones is 1. The van der Waals surface area contributed by atoms with Crippen LogP contribution in [0, 0.1) is 0 Å². The van der Waals surface area contributed by atoms with Crippen molar-refractivity contribution < 1.29 is 9.53 Å². The lowest BCUT2D eigenvalue weighted by atomic mass is 10.0. The largest absolute Gasteiger partial charge is 0.463 e. The molecule has 2 aromatic carbocycles. The summed E-state index contributed by atoms with van der Waals surface area (Å²) in [5, 5.41) is 4.00. The molecule has 2 aliphatic rings. The average molecular weight is 333 g/mol. The van der Waals surface area contributed by atoms with Gasteiger partial charge in [0.25, 0.3) is 0 Å². The lowest BCUT2D eigenvalue weighted by Crippen LogP contribution is -2.33. The minimum absolute atomic E-state index is 0.0911. The summed E-state index contributed by atoms with van der Waals surface area (Å²) in [4.78, 5) is 17.0. The Balaban J connectivity index is 1.70. The van der Waals surface area contributed by atoms with Crippen LogP contribution in [0.25, 0.3) is 0 Å². The molecular formula is C16H10Cl2N2O2. The monoisotopic (exact) mass is 332 g/mol. The van der Waals surface area contributed by atoms with E-state index in [1.165, 1.54) is 0 Å². The molecule has 110 valence electrons. The standard InChI is InChI=1S/C16H10Cl2N2O2/c17-9-6-5-8(7-10(9)18)15-14(21)13-16(22-15)20-12-4-2-1-3-11(12)19-13/h1-7,13,15,19H. The Morgan fingerprint density at radius 2 is 1.91 bits per heavy atom. The van der Waals surface area contributed by atoms with Crippen molar-refractivity contribution in [3.8, 4) is 0 Å². The minimum atomic E-state index is -0.722. The maximum atomic E-state index is 12.6. The van der Waals surface area contributed by atoms with Gasteiger partial charge in [-0.25, -0.2) is 4.99 Å². The molecule has 2 aromatic rings. The van der Waals surface area contributed by atoms with Crippen LogP contribution < -0.4 is 5.32 Å². The molecule has 0 spiro atoms. The molecule has 0 aromatic heterocycles. The summed E-state index contributed by atoms with van der Waals surface area (Å²) >= 11 is 11.9. The molecule has 4 nitrogen and oxygen atoms in total. The predicted octanol–water partition coefficient (Wildman–Crippen LogP) is 4.16. The summed E-state index contributed by atoms with van der Waals surface area (Å²) in [5.74, 6) is 0.298. The number of carbonyl (C=O) groups excluding carboxylic acids is 1. The van der Waals surface area contributed by atoms with Crippen LogP contribution in [0.3, 0.4) is 0 Å². The van der Waals surface area contributed by atoms with E-state index >= 15 is 0 Å². The molecule has 0 bridgehead atoms. The Hall–Kier alpha value is -2.04. The number of carbonyl (C=O) groups is 1. The molecule has 1 N–H and O–H groups in total. The minimum Gasteiger partial charge on any atom is -0.463 e. The molecule has 0 radical (unpaired) electrons. The lowest BCUT2D eigenvalue weighted by molar-refractivity contribution is -0.122. The number of hydrogen-bond donors (Lipinski definition) is 1. The second kappa shape index (κ2) is 5.00. The molecule has 0 saturated carbocycles. The number of fused-ring (bicyclic) bond motifs is 2. The Labute approximate surface area is 136 Å². The second-order valence-corrected chi connectivity index (χ2v) is 5.93. The highest BCUT2D eigenvalue weighted by atomic mass is 35.5. The second-order valence-electron chi connectivity index (χ2n) is 5.12. The van der Waals surface area contributed by atoms with Crippen LogP contribution >= 0.6 is 23.2 Å². The van der Waals surface area contributed by atoms with Crippen LogP contribution in [-0.2, 0) is 9.53 Å². The Bertz CT molecular complexity index is 820. The van der Waals surface area contributed by atoms with E-state index in [-0.39, 0.29) is 5.78 Å². The molecule has 4 rings (SSSR count). The van der Waals surface area contributed by atoms with Crippen LogP contribution in [-0.4, -0.2) is 17.7 Å². The molecule has 1 saturated heterocycles. The molecule has 2 atom stereocenters. The van der Waals surface area contributed by atoms with E-state index in [0.717, 1.165) is 11.4 Å². The SMILES string of the molecule is O=C1C2Nc3ccccc3N=C2OC1c1ccc(Cl)c(Cl)c1. The topological polar surface area (TPSA) is 50.7 Å². The van der Waals surface area contributed by atoms with Crippen LogP contribution in [0.1, 0.15) is 11.7 Å². The maximum Gasteiger partial charge on any atom is 0.220 e. The third-order valence-corrected chi connectivity index (χ3v) is 4.45. The third kappa shape index (κ3) is 2.07. The fraction of sp³-hybridized carbons (Fsp3) is 0.125. The molecule has 1 fully saturated rings. The number of ether oxygens (including phenoxy) is 1. The first kappa shape index (κ1) is 13.6. The average Bonchev–Trinajstić information content (AvgIpc) is 2.84. The Morgan fingerprint density at radius 1 is 1.09 bits per heavy atom. The van der Waals surface area contributed by atoms with Crippen molar-refractivity contribution in [3.63, 3.8) is 0 Å². The van der Waals surface area contributed by atoms with Gasteiger partial charge >= 0.3 is 0 Å². The molecular weight excluding hydrogens is 323 g/mol. The zero-order valence-corrected chi connectivity index (χ0v) is 12.7. The van der Waals surface area contributed by atoms with E-state index in [4.69, 9.17) is 27.9 Å². The zero-order chi connectivity index (χ0) is 15.3. The Kier molecular flexibility index (Phi) is 3.10. The fourth-order valence-electron chi connectivity index (χ4n) is 2.62. The number of halogens is 2. The van der Waals surface area contributed by atoms with Crippen LogP contribution in [0.4, 0.5) is 11.4 Å². The maximum absolute atomic E-state index is 12.6. The molecule has 2 unspecified atom stereocenters. The van der Waals surface area contributed by atoms with E-state index < -0.39 is 12.1 Å². The highest BCUT2D eigenvalue weighted by molar-refractivity contribution is 6.42. The quantitative estimate of drug-likeness (QED) is 0.853.